The standard InChI is InChI=1S/C14H16N2O4/c1-9(14(18)19)16(3)13(17)10(2)20-12-7-5-4-6-11(12)8-15/h4-7,9-10H,1-3H3,(H,18,19). The summed E-state index contributed by atoms with van der Waals surface area (Å²) >= 11 is 0. The smallest absolute Gasteiger partial charge is 0.326 e. The van der Waals surface area contributed by atoms with Crippen LogP contribution in [0.5, 0.6) is 5.75 Å². The van der Waals surface area contributed by atoms with Crippen LogP contribution in [-0.2, 0) is 9.59 Å². The molecule has 0 fully saturated rings. The third-order valence-corrected chi connectivity index (χ3v) is 2.94. The average Bonchev–Trinajstić information content (AvgIpc) is 2.45. The molecule has 1 aromatic rings. The fraction of sp³-hybridized carbons (Fsp3) is 0.357. The molecule has 2 unspecified atom stereocenters. The summed E-state index contributed by atoms with van der Waals surface area (Å²) in [5, 5.41) is 17.8. The first-order chi connectivity index (χ1) is 9.38. The van der Waals surface area contributed by atoms with Crippen LogP contribution in [0.3, 0.4) is 0 Å². The number of hydrogen-bond acceptors (Lipinski definition) is 4. The summed E-state index contributed by atoms with van der Waals surface area (Å²) in [6, 6.07) is 7.57. The summed E-state index contributed by atoms with van der Waals surface area (Å²) in [7, 11) is 1.40. The van der Waals surface area contributed by atoms with Crippen molar-refractivity contribution in [3.8, 4) is 11.8 Å². The molecule has 0 saturated heterocycles. The molecule has 0 aliphatic heterocycles. The average molecular weight is 276 g/mol. The zero-order valence-corrected chi connectivity index (χ0v) is 11.5. The molecule has 6 nitrogen and oxygen atoms in total. The van der Waals surface area contributed by atoms with Crippen molar-refractivity contribution in [3.05, 3.63) is 29.8 Å². The molecule has 0 bridgehead atoms. The van der Waals surface area contributed by atoms with Gasteiger partial charge in [-0.3, -0.25) is 4.79 Å². The van der Waals surface area contributed by atoms with E-state index in [1.54, 1.807) is 24.3 Å². The second kappa shape index (κ2) is 6.57. The van der Waals surface area contributed by atoms with Crippen LogP contribution in [0.15, 0.2) is 24.3 Å². The lowest BCUT2D eigenvalue weighted by Crippen LogP contribution is -2.46. The molecule has 106 valence electrons. The van der Waals surface area contributed by atoms with E-state index in [1.165, 1.54) is 20.9 Å². The third-order valence-electron chi connectivity index (χ3n) is 2.94. The number of para-hydroxylation sites is 1. The highest BCUT2D eigenvalue weighted by Gasteiger charge is 2.27. The highest BCUT2D eigenvalue weighted by Crippen LogP contribution is 2.18. The Morgan fingerprint density at radius 2 is 1.95 bits per heavy atom. The van der Waals surface area contributed by atoms with Gasteiger partial charge in [-0.05, 0) is 26.0 Å². The van der Waals surface area contributed by atoms with Crippen molar-refractivity contribution in [1.82, 2.24) is 4.90 Å². The molecule has 0 aromatic heterocycles. The van der Waals surface area contributed by atoms with E-state index in [-0.39, 0.29) is 0 Å². The number of carboxylic acids is 1. The first-order valence-corrected chi connectivity index (χ1v) is 6.03. The number of carbonyl (C=O) groups is 2. The van der Waals surface area contributed by atoms with Crippen molar-refractivity contribution in [2.45, 2.75) is 26.0 Å². The summed E-state index contributed by atoms with van der Waals surface area (Å²) in [6.07, 6.45) is -0.878. The first-order valence-electron chi connectivity index (χ1n) is 6.03. The molecule has 1 amide bonds. The quantitative estimate of drug-likeness (QED) is 0.874. The Balaban J connectivity index is 2.81. The number of hydrogen-bond donors (Lipinski definition) is 1. The lowest BCUT2D eigenvalue weighted by Gasteiger charge is -2.25. The van der Waals surface area contributed by atoms with Gasteiger partial charge in [0, 0.05) is 7.05 Å². The Morgan fingerprint density at radius 1 is 1.35 bits per heavy atom. The SMILES string of the molecule is CC(Oc1ccccc1C#N)C(=O)N(C)C(C)C(=O)O. The van der Waals surface area contributed by atoms with Gasteiger partial charge in [0.1, 0.15) is 17.9 Å². The second-order valence-electron chi connectivity index (χ2n) is 4.33. The van der Waals surface area contributed by atoms with Crippen LogP contribution in [0.4, 0.5) is 0 Å². The first kappa shape index (κ1) is 15.5. The maximum atomic E-state index is 12.0. The molecular formula is C14H16N2O4. The van der Waals surface area contributed by atoms with E-state index in [4.69, 9.17) is 15.1 Å². The van der Waals surface area contributed by atoms with Crippen LogP contribution < -0.4 is 4.74 Å². The molecule has 6 heteroatoms. The largest absolute Gasteiger partial charge is 0.480 e. The summed E-state index contributed by atoms with van der Waals surface area (Å²) in [5.74, 6) is -1.26. The molecule has 0 heterocycles. The van der Waals surface area contributed by atoms with E-state index in [1.807, 2.05) is 6.07 Å². The van der Waals surface area contributed by atoms with Crippen LogP contribution in [0.2, 0.25) is 0 Å². The zero-order valence-electron chi connectivity index (χ0n) is 11.5. The number of rotatable bonds is 5. The molecule has 0 aliphatic rings. The Kier molecular flexibility index (Phi) is 5.09. The lowest BCUT2D eigenvalue weighted by molar-refractivity contribution is -0.150. The molecule has 2 atom stereocenters. The lowest BCUT2D eigenvalue weighted by atomic mass is 10.2. The van der Waals surface area contributed by atoms with Gasteiger partial charge in [-0.1, -0.05) is 12.1 Å². The van der Waals surface area contributed by atoms with Gasteiger partial charge in [-0.15, -0.1) is 0 Å². The number of benzene rings is 1. The van der Waals surface area contributed by atoms with Crippen molar-refractivity contribution < 1.29 is 19.4 Å². The van der Waals surface area contributed by atoms with Crippen LogP contribution in [0, 0.1) is 11.3 Å². The van der Waals surface area contributed by atoms with E-state index >= 15 is 0 Å². The molecule has 20 heavy (non-hydrogen) atoms. The van der Waals surface area contributed by atoms with Crippen molar-refractivity contribution >= 4 is 11.9 Å². The molecular weight excluding hydrogens is 260 g/mol. The second-order valence-corrected chi connectivity index (χ2v) is 4.33. The minimum Gasteiger partial charge on any atom is -0.480 e. The summed E-state index contributed by atoms with van der Waals surface area (Å²) < 4.78 is 5.44. The Morgan fingerprint density at radius 3 is 2.50 bits per heavy atom. The summed E-state index contributed by atoms with van der Waals surface area (Å²) in [6.45, 7) is 2.93. The molecule has 0 spiro atoms. The number of carboxylic acid groups (broad SMARTS) is 1. The van der Waals surface area contributed by atoms with Gasteiger partial charge in [0.05, 0.1) is 5.56 Å². The van der Waals surface area contributed by atoms with Crippen LogP contribution >= 0.6 is 0 Å². The van der Waals surface area contributed by atoms with Gasteiger partial charge in [-0.2, -0.15) is 5.26 Å². The number of likely N-dealkylation sites (N-methyl/N-ethyl adjacent to an activating group) is 1. The fourth-order valence-electron chi connectivity index (χ4n) is 1.55. The van der Waals surface area contributed by atoms with E-state index in [2.05, 4.69) is 0 Å². The van der Waals surface area contributed by atoms with E-state index in [9.17, 15) is 9.59 Å². The fourth-order valence-corrected chi connectivity index (χ4v) is 1.55. The van der Waals surface area contributed by atoms with Gasteiger partial charge in [0.2, 0.25) is 0 Å². The Labute approximate surface area is 117 Å². The number of amides is 1. The number of aliphatic carboxylic acids is 1. The monoisotopic (exact) mass is 276 g/mol. The highest BCUT2D eigenvalue weighted by molar-refractivity contribution is 5.86. The van der Waals surface area contributed by atoms with Crippen LogP contribution in [-0.4, -0.2) is 41.1 Å². The molecule has 1 N–H and O–H groups in total. The minimum atomic E-state index is -1.09. The summed E-state index contributed by atoms with van der Waals surface area (Å²) in [5.41, 5.74) is 0.320. The molecule has 1 rings (SSSR count). The predicted molar refractivity (Wildman–Crippen MR) is 71.1 cm³/mol. The molecule has 0 radical (unpaired) electrons. The minimum absolute atomic E-state index is 0.298. The number of carbonyl (C=O) groups excluding carboxylic acids is 1. The van der Waals surface area contributed by atoms with Crippen LogP contribution in [0.25, 0.3) is 0 Å². The summed E-state index contributed by atoms with van der Waals surface area (Å²) in [4.78, 5) is 24.0. The van der Waals surface area contributed by atoms with Crippen LogP contribution in [0.1, 0.15) is 19.4 Å². The van der Waals surface area contributed by atoms with Gasteiger partial charge < -0.3 is 14.7 Å². The van der Waals surface area contributed by atoms with Crippen molar-refractivity contribution in [2.75, 3.05) is 7.05 Å². The van der Waals surface area contributed by atoms with E-state index in [0.717, 1.165) is 4.90 Å². The molecule has 1 aromatic carbocycles. The normalized spacial score (nSPS) is 12.9. The maximum Gasteiger partial charge on any atom is 0.326 e. The van der Waals surface area contributed by atoms with E-state index < -0.39 is 24.0 Å². The number of nitriles is 1. The maximum absolute atomic E-state index is 12.0. The van der Waals surface area contributed by atoms with Crippen molar-refractivity contribution in [3.63, 3.8) is 0 Å². The Bertz CT molecular complexity index is 550. The van der Waals surface area contributed by atoms with Gasteiger partial charge in [0.15, 0.2) is 6.10 Å². The molecule has 0 saturated carbocycles. The zero-order chi connectivity index (χ0) is 15.3. The van der Waals surface area contributed by atoms with Gasteiger partial charge >= 0.3 is 5.97 Å². The van der Waals surface area contributed by atoms with Gasteiger partial charge in [0.25, 0.3) is 5.91 Å². The number of nitrogens with zero attached hydrogens (tertiary/aromatic N) is 2. The van der Waals surface area contributed by atoms with E-state index in [0.29, 0.717) is 11.3 Å². The topological polar surface area (TPSA) is 90.6 Å². The predicted octanol–water partition coefficient (Wildman–Crippen LogP) is 1.26. The highest BCUT2D eigenvalue weighted by atomic mass is 16.5. The van der Waals surface area contributed by atoms with Crippen molar-refractivity contribution in [2.24, 2.45) is 0 Å². The Hall–Kier alpha value is -2.55. The number of ether oxygens (including phenoxy) is 1. The van der Waals surface area contributed by atoms with Crippen molar-refractivity contribution in [1.29, 1.82) is 5.26 Å². The molecule has 0 aliphatic carbocycles. The van der Waals surface area contributed by atoms with Gasteiger partial charge in [-0.25, -0.2) is 4.79 Å². The third kappa shape index (κ3) is 3.48.